The Hall–Kier alpha value is -2.84. The number of nitrogens with zero attached hydrogens (tertiary/aromatic N) is 1. The molecule has 2 aromatic carbocycles. The summed E-state index contributed by atoms with van der Waals surface area (Å²) in [7, 11) is 1.63. The molecule has 0 aliphatic heterocycles. The number of carbonyl (C=O) groups excluding carboxylic acids is 2. The molecule has 0 unspecified atom stereocenters. The molecule has 0 saturated carbocycles. The van der Waals surface area contributed by atoms with Crippen molar-refractivity contribution >= 4 is 45.7 Å². The van der Waals surface area contributed by atoms with Crippen LogP contribution in [0.3, 0.4) is 0 Å². The highest BCUT2D eigenvalue weighted by atomic mass is 32.2. The molecular formula is C24H27N3O3S2. The third-order valence-corrected chi connectivity index (χ3v) is 6.07. The van der Waals surface area contributed by atoms with Crippen LogP contribution in [0.4, 0.5) is 10.8 Å². The third-order valence-electron chi connectivity index (χ3n) is 4.31. The summed E-state index contributed by atoms with van der Waals surface area (Å²) >= 11 is 2.80. The van der Waals surface area contributed by atoms with E-state index in [0.717, 1.165) is 27.6 Å². The zero-order valence-electron chi connectivity index (χ0n) is 18.6. The van der Waals surface area contributed by atoms with E-state index in [4.69, 9.17) is 4.74 Å². The van der Waals surface area contributed by atoms with Crippen LogP contribution in [-0.2, 0) is 9.59 Å². The molecule has 3 aromatic rings. The predicted octanol–water partition coefficient (Wildman–Crippen LogP) is 5.92. The Morgan fingerprint density at radius 2 is 1.81 bits per heavy atom. The van der Waals surface area contributed by atoms with Gasteiger partial charge < -0.3 is 15.4 Å². The lowest BCUT2D eigenvalue weighted by molar-refractivity contribution is -0.118. The lowest BCUT2D eigenvalue weighted by Crippen LogP contribution is -2.19. The van der Waals surface area contributed by atoms with Gasteiger partial charge in [0.1, 0.15) is 5.75 Å². The minimum atomic E-state index is -0.132. The van der Waals surface area contributed by atoms with E-state index in [1.165, 1.54) is 23.1 Å². The fourth-order valence-corrected chi connectivity index (χ4v) is 4.37. The molecule has 168 valence electrons. The van der Waals surface area contributed by atoms with Gasteiger partial charge in [0.25, 0.3) is 0 Å². The summed E-state index contributed by atoms with van der Waals surface area (Å²) in [5, 5.41) is 8.24. The van der Waals surface area contributed by atoms with Gasteiger partial charge in [0.2, 0.25) is 11.8 Å². The van der Waals surface area contributed by atoms with Crippen molar-refractivity contribution in [2.45, 2.75) is 32.1 Å². The van der Waals surface area contributed by atoms with E-state index in [0.29, 0.717) is 11.6 Å². The van der Waals surface area contributed by atoms with Gasteiger partial charge in [-0.3, -0.25) is 9.59 Å². The van der Waals surface area contributed by atoms with Crippen LogP contribution >= 0.6 is 23.1 Å². The molecule has 0 aliphatic rings. The monoisotopic (exact) mass is 469 g/mol. The van der Waals surface area contributed by atoms with Gasteiger partial charge in [-0.15, -0.1) is 23.1 Å². The predicted molar refractivity (Wildman–Crippen MR) is 133 cm³/mol. The van der Waals surface area contributed by atoms with Gasteiger partial charge >= 0.3 is 0 Å². The second-order valence-electron chi connectivity index (χ2n) is 8.42. The van der Waals surface area contributed by atoms with Gasteiger partial charge in [-0.1, -0.05) is 26.8 Å². The quantitative estimate of drug-likeness (QED) is 0.400. The second kappa shape index (κ2) is 10.7. The van der Waals surface area contributed by atoms with Crippen molar-refractivity contribution in [2.75, 3.05) is 23.5 Å². The van der Waals surface area contributed by atoms with Gasteiger partial charge in [0.05, 0.1) is 18.6 Å². The Morgan fingerprint density at radius 3 is 2.50 bits per heavy atom. The molecule has 1 heterocycles. The van der Waals surface area contributed by atoms with Crippen LogP contribution in [0.25, 0.3) is 11.3 Å². The molecule has 2 amide bonds. The summed E-state index contributed by atoms with van der Waals surface area (Å²) < 4.78 is 5.17. The number of amides is 2. The number of hydrogen-bond donors (Lipinski definition) is 2. The standard InChI is InChI=1S/C24H27N3O3S2/c1-24(2,3)13-21(28)25-17-6-5-7-19(12-17)31-15-22(29)27-23-26-20(14-32-23)16-8-10-18(30-4)11-9-16/h5-12,14H,13,15H2,1-4H3,(H,25,28)(H,26,27,29). The van der Waals surface area contributed by atoms with Crippen molar-refractivity contribution < 1.29 is 14.3 Å². The number of thioether (sulfide) groups is 1. The van der Waals surface area contributed by atoms with Crippen LogP contribution in [-0.4, -0.2) is 29.7 Å². The highest BCUT2D eigenvalue weighted by molar-refractivity contribution is 8.00. The first-order chi connectivity index (χ1) is 15.2. The smallest absolute Gasteiger partial charge is 0.236 e. The van der Waals surface area contributed by atoms with Crippen molar-refractivity contribution in [3.8, 4) is 17.0 Å². The molecule has 0 radical (unpaired) electrons. The van der Waals surface area contributed by atoms with Crippen LogP contribution in [0, 0.1) is 5.41 Å². The minimum Gasteiger partial charge on any atom is -0.497 e. The fourth-order valence-electron chi connectivity index (χ4n) is 2.88. The Balaban J connectivity index is 1.52. The Labute approximate surface area is 196 Å². The summed E-state index contributed by atoms with van der Waals surface area (Å²) in [4.78, 5) is 29.9. The van der Waals surface area contributed by atoms with E-state index in [1.54, 1.807) is 7.11 Å². The average Bonchev–Trinajstić information content (AvgIpc) is 3.19. The van der Waals surface area contributed by atoms with Crippen molar-refractivity contribution in [1.82, 2.24) is 4.98 Å². The van der Waals surface area contributed by atoms with Crippen molar-refractivity contribution in [3.05, 3.63) is 53.9 Å². The summed E-state index contributed by atoms with van der Waals surface area (Å²) in [5.41, 5.74) is 2.42. The van der Waals surface area contributed by atoms with E-state index in [2.05, 4.69) is 15.6 Å². The highest BCUT2D eigenvalue weighted by Gasteiger charge is 2.16. The molecule has 1 aromatic heterocycles. The Morgan fingerprint density at radius 1 is 1.06 bits per heavy atom. The Kier molecular flexibility index (Phi) is 7.93. The molecule has 6 nitrogen and oxygen atoms in total. The number of rotatable bonds is 8. The van der Waals surface area contributed by atoms with E-state index >= 15 is 0 Å². The summed E-state index contributed by atoms with van der Waals surface area (Å²) in [6.45, 7) is 6.08. The maximum atomic E-state index is 12.4. The number of nitrogens with one attached hydrogen (secondary N) is 2. The zero-order valence-corrected chi connectivity index (χ0v) is 20.2. The summed E-state index contributed by atoms with van der Waals surface area (Å²) in [6, 6.07) is 15.1. The zero-order chi connectivity index (χ0) is 23.1. The minimum absolute atomic E-state index is 0.0196. The number of thiazole rings is 1. The molecule has 0 saturated heterocycles. The van der Waals surface area contributed by atoms with E-state index < -0.39 is 0 Å². The van der Waals surface area contributed by atoms with Gasteiger partial charge in [-0.25, -0.2) is 4.98 Å². The van der Waals surface area contributed by atoms with Crippen LogP contribution in [0.15, 0.2) is 58.8 Å². The summed E-state index contributed by atoms with van der Waals surface area (Å²) in [5.74, 6) is 0.880. The van der Waals surface area contributed by atoms with E-state index in [1.807, 2.05) is 74.7 Å². The van der Waals surface area contributed by atoms with Crippen LogP contribution < -0.4 is 15.4 Å². The first kappa shape index (κ1) is 23.8. The highest BCUT2D eigenvalue weighted by Crippen LogP contribution is 2.27. The Bertz CT molecular complexity index is 1070. The SMILES string of the molecule is COc1ccc(-c2csc(NC(=O)CSc3cccc(NC(=O)CC(C)(C)C)c3)n2)cc1. The molecule has 0 aliphatic carbocycles. The van der Waals surface area contributed by atoms with Crippen LogP contribution in [0.5, 0.6) is 5.75 Å². The number of ether oxygens (including phenoxy) is 1. The lowest BCUT2D eigenvalue weighted by atomic mass is 9.92. The number of hydrogen-bond acceptors (Lipinski definition) is 6. The van der Waals surface area contributed by atoms with Crippen LogP contribution in [0.1, 0.15) is 27.2 Å². The van der Waals surface area contributed by atoms with Crippen LogP contribution in [0.2, 0.25) is 0 Å². The molecular weight excluding hydrogens is 442 g/mol. The van der Waals surface area contributed by atoms with Gasteiger partial charge in [0, 0.05) is 27.9 Å². The molecule has 2 N–H and O–H groups in total. The number of benzene rings is 2. The van der Waals surface area contributed by atoms with Gasteiger partial charge in [-0.05, 0) is 47.9 Å². The molecule has 8 heteroatoms. The second-order valence-corrected chi connectivity index (χ2v) is 10.3. The van der Waals surface area contributed by atoms with E-state index in [9.17, 15) is 9.59 Å². The molecule has 0 bridgehead atoms. The molecule has 3 rings (SSSR count). The topological polar surface area (TPSA) is 80.3 Å². The van der Waals surface area contributed by atoms with Gasteiger partial charge in [0.15, 0.2) is 5.13 Å². The molecule has 0 atom stereocenters. The largest absolute Gasteiger partial charge is 0.497 e. The number of carbonyl (C=O) groups is 2. The molecule has 0 fully saturated rings. The molecule has 32 heavy (non-hydrogen) atoms. The number of methoxy groups -OCH3 is 1. The first-order valence-corrected chi connectivity index (χ1v) is 12.0. The first-order valence-electron chi connectivity index (χ1n) is 10.1. The fraction of sp³-hybridized carbons (Fsp3) is 0.292. The number of anilines is 2. The summed E-state index contributed by atoms with van der Waals surface area (Å²) in [6.07, 6.45) is 0.444. The van der Waals surface area contributed by atoms with Crippen molar-refractivity contribution in [3.63, 3.8) is 0 Å². The number of aromatic nitrogens is 1. The molecule has 0 spiro atoms. The maximum Gasteiger partial charge on any atom is 0.236 e. The van der Waals surface area contributed by atoms with Crippen molar-refractivity contribution in [1.29, 1.82) is 0 Å². The maximum absolute atomic E-state index is 12.4. The van der Waals surface area contributed by atoms with Gasteiger partial charge in [-0.2, -0.15) is 0 Å². The van der Waals surface area contributed by atoms with E-state index in [-0.39, 0.29) is 23.0 Å². The normalized spacial score (nSPS) is 11.1. The third kappa shape index (κ3) is 7.39. The lowest BCUT2D eigenvalue weighted by Gasteiger charge is -2.17. The van der Waals surface area contributed by atoms with Crippen molar-refractivity contribution in [2.24, 2.45) is 5.41 Å². The average molecular weight is 470 g/mol.